The summed E-state index contributed by atoms with van der Waals surface area (Å²) in [5.41, 5.74) is 0.969. The molecule has 5 heteroatoms. The van der Waals surface area contributed by atoms with Gasteiger partial charge in [0.1, 0.15) is 5.82 Å². The quantitative estimate of drug-likeness (QED) is 0.646. The molecule has 1 heterocycles. The zero-order valence-electron chi connectivity index (χ0n) is 12.7. The number of nitrogens with zero attached hydrogens (tertiary/aromatic N) is 1. The lowest BCUT2D eigenvalue weighted by molar-refractivity contribution is -0.114. The van der Waals surface area contributed by atoms with Crippen LogP contribution in [0.25, 0.3) is 0 Å². The van der Waals surface area contributed by atoms with Gasteiger partial charge in [0.05, 0.1) is 11.3 Å². The molecular weight excluding hydrogens is 271 g/mol. The number of Topliss-reactive ketones (excluding diaryl/α,β-unsaturated/α-hetero) is 1. The van der Waals surface area contributed by atoms with E-state index < -0.39 is 17.5 Å². The summed E-state index contributed by atoms with van der Waals surface area (Å²) in [6, 6.07) is 2.94. The molecule has 1 N–H and O–H groups in total. The Balaban J connectivity index is 2.19. The second kappa shape index (κ2) is 6.35. The van der Waals surface area contributed by atoms with Gasteiger partial charge in [-0.15, -0.1) is 0 Å². The molecule has 0 saturated carbocycles. The van der Waals surface area contributed by atoms with Crippen molar-refractivity contribution in [1.29, 1.82) is 0 Å². The van der Waals surface area contributed by atoms with Gasteiger partial charge in [0.15, 0.2) is 0 Å². The van der Waals surface area contributed by atoms with Gasteiger partial charge in [0.25, 0.3) is 11.7 Å². The number of rotatable bonds is 6. The summed E-state index contributed by atoms with van der Waals surface area (Å²) in [6.45, 7) is 7.74. The Morgan fingerprint density at radius 2 is 2.05 bits per heavy atom. The van der Waals surface area contributed by atoms with Gasteiger partial charge in [-0.25, -0.2) is 4.39 Å². The highest BCUT2D eigenvalue weighted by atomic mass is 19.1. The predicted molar refractivity (Wildman–Crippen MR) is 80.1 cm³/mol. The number of hydrogen-bond donors (Lipinski definition) is 1. The highest BCUT2D eigenvalue weighted by Gasteiger charge is 2.38. The van der Waals surface area contributed by atoms with Crippen LogP contribution in [0.3, 0.4) is 0 Å². The topological polar surface area (TPSA) is 49.4 Å². The molecule has 0 radical (unpaired) electrons. The summed E-state index contributed by atoms with van der Waals surface area (Å²) in [4.78, 5) is 25.3. The Labute approximate surface area is 124 Å². The van der Waals surface area contributed by atoms with Crippen LogP contribution in [0.4, 0.5) is 10.1 Å². The molecule has 1 aliphatic rings. The maximum Gasteiger partial charge on any atom is 0.299 e. The average molecular weight is 292 g/mol. The minimum atomic E-state index is -0.628. The summed E-state index contributed by atoms with van der Waals surface area (Å²) in [5.74, 6) is -1.60. The molecule has 0 spiro atoms. The first-order valence-electron chi connectivity index (χ1n) is 7.32. The van der Waals surface area contributed by atoms with Gasteiger partial charge in [-0.3, -0.25) is 9.59 Å². The summed E-state index contributed by atoms with van der Waals surface area (Å²) >= 11 is 0. The second-order valence-corrected chi connectivity index (χ2v) is 5.70. The van der Waals surface area contributed by atoms with Crippen molar-refractivity contribution in [3.8, 4) is 0 Å². The van der Waals surface area contributed by atoms with Crippen molar-refractivity contribution in [2.45, 2.75) is 27.2 Å². The van der Waals surface area contributed by atoms with Crippen LogP contribution in [-0.4, -0.2) is 31.3 Å². The molecule has 1 aliphatic heterocycles. The van der Waals surface area contributed by atoms with Crippen LogP contribution in [0.15, 0.2) is 12.1 Å². The van der Waals surface area contributed by atoms with E-state index in [9.17, 15) is 14.0 Å². The van der Waals surface area contributed by atoms with Crippen LogP contribution >= 0.6 is 0 Å². The molecule has 2 rings (SSSR count). The maximum atomic E-state index is 14.1. The van der Waals surface area contributed by atoms with Crippen LogP contribution in [0, 0.1) is 18.7 Å². The van der Waals surface area contributed by atoms with Crippen molar-refractivity contribution in [2.75, 3.05) is 24.5 Å². The first kappa shape index (κ1) is 15.6. The molecule has 1 aromatic carbocycles. The van der Waals surface area contributed by atoms with E-state index in [1.165, 1.54) is 11.0 Å². The van der Waals surface area contributed by atoms with Gasteiger partial charge >= 0.3 is 0 Å². The highest BCUT2D eigenvalue weighted by Crippen LogP contribution is 2.33. The Kier molecular flexibility index (Phi) is 4.73. The Morgan fingerprint density at radius 1 is 1.33 bits per heavy atom. The first-order valence-corrected chi connectivity index (χ1v) is 7.32. The number of ketones is 1. The van der Waals surface area contributed by atoms with Crippen molar-refractivity contribution >= 4 is 17.4 Å². The standard InChI is InChI=1S/C16H21FN2O2/c1-4-5-18-8-11(3)9-19-14-12(15(20)16(19)21)6-10(2)7-13(14)17/h6-7,11,18H,4-5,8-9H2,1-3H3. The monoisotopic (exact) mass is 292 g/mol. The zero-order chi connectivity index (χ0) is 15.6. The van der Waals surface area contributed by atoms with Crippen molar-refractivity contribution in [3.05, 3.63) is 29.1 Å². The molecule has 1 amide bonds. The largest absolute Gasteiger partial charge is 0.316 e. The Hall–Kier alpha value is -1.75. The smallest absolute Gasteiger partial charge is 0.299 e. The average Bonchev–Trinajstić information content (AvgIpc) is 2.64. The third kappa shape index (κ3) is 3.13. The van der Waals surface area contributed by atoms with Gasteiger partial charge in [0.2, 0.25) is 0 Å². The SMILES string of the molecule is CCCNCC(C)CN1C(=O)C(=O)c2cc(C)cc(F)c21. The van der Waals surface area contributed by atoms with E-state index in [2.05, 4.69) is 12.2 Å². The van der Waals surface area contributed by atoms with Gasteiger partial charge in [-0.05, 0) is 50.0 Å². The van der Waals surface area contributed by atoms with Crippen LogP contribution in [-0.2, 0) is 4.79 Å². The molecule has 0 aromatic heterocycles. The van der Waals surface area contributed by atoms with Crippen molar-refractivity contribution < 1.29 is 14.0 Å². The van der Waals surface area contributed by atoms with E-state index >= 15 is 0 Å². The minimum Gasteiger partial charge on any atom is -0.316 e. The van der Waals surface area contributed by atoms with E-state index in [-0.39, 0.29) is 17.2 Å². The van der Waals surface area contributed by atoms with E-state index in [4.69, 9.17) is 0 Å². The lowest BCUT2D eigenvalue weighted by Crippen LogP contribution is -2.37. The molecule has 21 heavy (non-hydrogen) atoms. The van der Waals surface area contributed by atoms with Crippen LogP contribution < -0.4 is 10.2 Å². The molecule has 114 valence electrons. The van der Waals surface area contributed by atoms with Gasteiger partial charge in [-0.2, -0.15) is 0 Å². The van der Waals surface area contributed by atoms with E-state index in [1.807, 2.05) is 6.92 Å². The number of nitrogens with one attached hydrogen (secondary N) is 1. The van der Waals surface area contributed by atoms with Gasteiger partial charge in [0, 0.05) is 6.54 Å². The third-order valence-electron chi connectivity index (χ3n) is 3.58. The maximum absolute atomic E-state index is 14.1. The molecule has 0 aliphatic carbocycles. The lowest BCUT2D eigenvalue weighted by atomic mass is 10.1. The fraction of sp³-hybridized carbons (Fsp3) is 0.500. The van der Waals surface area contributed by atoms with Crippen LogP contribution in [0.5, 0.6) is 0 Å². The fourth-order valence-corrected chi connectivity index (χ4v) is 2.60. The second-order valence-electron chi connectivity index (χ2n) is 5.70. The Morgan fingerprint density at radius 3 is 2.71 bits per heavy atom. The molecule has 4 nitrogen and oxygen atoms in total. The van der Waals surface area contributed by atoms with Crippen molar-refractivity contribution in [2.24, 2.45) is 5.92 Å². The zero-order valence-corrected chi connectivity index (χ0v) is 12.7. The molecule has 0 bridgehead atoms. The number of carbonyl (C=O) groups excluding carboxylic acids is 2. The number of hydrogen-bond acceptors (Lipinski definition) is 3. The van der Waals surface area contributed by atoms with Crippen molar-refractivity contribution in [1.82, 2.24) is 5.32 Å². The van der Waals surface area contributed by atoms with Crippen LogP contribution in [0.1, 0.15) is 36.2 Å². The Bertz CT molecular complexity index is 572. The number of halogens is 1. The van der Waals surface area contributed by atoms with E-state index in [0.717, 1.165) is 19.5 Å². The molecule has 1 unspecified atom stereocenters. The summed E-state index contributed by atoms with van der Waals surface area (Å²) < 4.78 is 14.1. The fourth-order valence-electron chi connectivity index (χ4n) is 2.60. The highest BCUT2D eigenvalue weighted by molar-refractivity contribution is 6.52. The summed E-state index contributed by atoms with van der Waals surface area (Å²) in [5, 5.41) is 3.27. The first-order chi connectivity index (χ1) is 9.95. The van der Waals surface area contributed by atoms with Crippen molar-refractivity contribution in [3.63, 3.8) is 0 Å². The van der Waals surface area contributed by atoms with E-state index in [1.54, 1.807) is 13.0 Å². The molecule has 1 atom stereocenters. The number of carbonyl (C=O) groups is 2. The summed E-state index contributed by atoms with van der Waals surface area (Å²) in [7, 11) is 0. The molecule has 0 saturated heterocycles. The lowest BCUT2D eigenvalue weighted by Gasteiger charge is -2.22. The minimum absolute atomic E-state index is 0.137. The predicted octanol–water partition coefficient (Wildman–Crippen LogP) is 2.30. The molecule has 1 aromatic rings. The molecule has 0 fully saturated rings. The normalized spacial score (nSPS) is 15.5. The molecular formula is C16H21FN2O2. The number of benzene rings is 1. The number of fused-ring (bicyclic) bond motifs is 1. The number of anilines is 1. The summed E-state index contributed by atoms with van der Waals surface area (Å²) in [6.07, 6.45) is 1.03. The van der Waals surface area contributed by atoms with Crippen LogP contribution in [0.2, 0.25) is 0 Å². The van der Waals surface area contributed by atoms with Gasteiger partial charge in [-0.1, -0.05) is 13.8 Å². The number of aryl methyl sites for hydroxylation is 1. The third-order valence-corrected chi connectivity index (χ3v) is 3.58. The van der Waals surface area contributed by atoms with Gasteiger partial charge < -0.3 is 10.2 Å². The number of amides is 1. The van der Waals surface area contributed by atoms with E-state index in [0.29, 0.717) is 12.1 Å².